The van der Waals surface area contributed by atoms with E-state index < -0.39 is 0 Å². The Morgan fingerprint density at radius 3 is 2.75 bits per heavy atom. The normalized spacial score (nSPS) is 10.3. The summed E-state index contributed by atoms with van der Waals surface area (Å²) >= 11 is 3.23. The van der Waals surface area contributed by atoms with Crippen molar-refractivity contribution >= 4 is 21.7 Å². The maximum atomic E-state index is 5.52. The van der Waals surface area contributed by atoms with Gasteiger partial charge >= 0.3 is 0 Å². The SMILES string of the molecule is CC(C)Oc1ncnc(N)c1Br. The highest BCUT2D eigenvalue weighted by atomic mass is 79.9. The van der Waals surface area contributed by atoms with E-state index in [1.54, 1.807) is 0 Å². The molecule has 0 aromatic carbocycles. The van der Waals surface area contributed by atoms with Crippen molar-refractivity contribution in [1.29, 1.82) is 0 Å². The smallest absolute Gasteiger partial charge is 0.233 e. The molecule has 0 bridgehead atoms. The van der Waals surface area contributed by atoms with Gasteiger partial charge in [-0.15, -0.1) is 0 Å². The maximum absolute atomic E-state index is 5.52. The standard InChI is InChI=1S/C7H10BrN3O/c1-4(2)12-7-5(8)6(9)10-3-11-7/h3-4H,1-2H3,(H2,9,10,11). The van der Waals surface area contributed by atoms with E-state index >= 15 is 0 Å². The van der Waals surface area contributed by atoms with Crippen LogP contribution in [0.2, 0.25) is 0 Å². The third-order valence-corrected chi connectivity index (χ3v) is 1.88. The van der Waals surface area contributed by atoms with Gasteiger partial charge in [-0.05, 0) is 29.8 Å². The second-order valence-corrected chi connectivity index (χ2v) is 3.34. The second kappa shape index (κ2) is 3.71. The fraction of sp³-hybridized carbons (Fsp3) is 0.429. The van der Waals surface area contributed by atoms with E-state index in [0.29, 0.717) is 16.2 Å². The molecule has 0 spiro atoms. The highest BCUT2D eigenvalue weighted by molar-refractivity contribution is 9.10. The van der Waals surface area contributed by atoms with Gasteiger partial charge in [-0.2, -0.15) is 0 Å². The van der Waals surface area contributed by atoms with Crippen LogP contribution in [0.1, 0.15) is 13.8 Å². The molecular weight excluding hydrogens is 222 g/mol. The third kappa shape index (κ3) is 2.07. The Balaban J connectivity index is 2.92. The molecule has 1 aromatic rings. The van der Waals surface area contributed by atoms with Gasteiger partial charge in [-0.1, -0.05) is 0 Å². The summed E-state index contributed by atoms with van der Waals surface area (Å²) in [6, 6.07) is 0. The van der Waals surface area contributed by atoms with Crippen molar-refractivity contribution in [1.82, 2.24) is 9.97 Å². The van der Waals surface area contributed by atoms with Gasteiger partial charge in [-0.25, -0.2) is 9.97 Å². The van der Waals surface area contributed by atoms with Crippen LogP contribution in [0.15, 0.2) is 10.8 Å². The first-order valence-electron chi connectivity index (χ1n) is 3.54. The quantitative estimate of drug-likeness (QED) is 0.841. The summed E-state index contributed by atoms with van der Waals surface area (Å²) in [5.41, 5.74) is 5.52. The minimum absolute atomic E-state index is 0.0793. The van der Waals surface area contributed by atoms with Crippen molar-refractivity contribution in [3.05, 3.63) is 10.8 Å². The Labute approximate surface area is 79.3 Å². The lowest BCUT2D eigenvalue weighted by atomic mass is 10.5. The Hall–Kier alpha value is -0.840. The number of aromatic nitrogens is 2. The maximum Gasteiger partial charge on any atom is 0.233 e. The van der Waals surface area contributed by atoms with Gasteiger partial charge in [0.1, 0.15) is 16.6 Å². The molecule has 0 radical (unpaired) electrons. The van der Waals surface area contributed by atoms with Crippen molar-refractivity contribution in [2.75, 3.05) is 5.73 Å². The van der Waals surface area contributed by atoms with E-state index in [-0.39, 0.29) is 6.10 Å². The summed E-state index contributed by atoms with van der Waals surface area (Å²) in [5.74, 6) is 0.873. The minimum Gasteiger partial charge on any atom is -0.474 e. The van der Waals surface area contributed by atoms with Crippen LogP contribution in [0.4, 0.5) is 5.82 Å². The van der Waals surface area contributed by atoms with E-state index in [9.17, 15) is 0 Å². The fourth-order valence-electron chi connectivity index (χ4n) is 0.672. The van der Waals surface area contributed by atoms with Crippen LogP contribution < -0.4 is 10.5 Å². The van der Waals surface area contributed by atoms with Crippen LogP contribution in [0, 0.1) is 0 Å². The Bertz CT molecular complexity index is 277. The molecule has 0 aliphatic carbocycles. The molecule has 2 N–H and O–H groups in total. The number of ether oxygens (including phenoxy) is 1. The molecule has 66 valence electrons. The molecule has 0 unspecified atom stereocenters. The largest absolute Gasteiger partial charge is 0.474 e. The Morgan fingerprint density at radius 2 is 2.17 bits per heavy atom. The predicted molar refractivity (Wildman–Crippen MR) is 49.9 cm³/mol. The molecule has 1 heterocycles. The zero-order chi connectivity index (χ0) is 9.14. The molecule has 0 saturated heterocycles. The number of anilines is 1. The summed E-state index contributed by atoms with van der Waals surface area (Å²) in [6.07, 6.45) is 1.45. The van der Waals surface area contributed by atoms with Gasteiger partial charge in [0.2, 0.25) is 5.88 Å². The number of hydrogen-bond donors (Lipinski definition) is 1. The van der Waals surface area contributed by atoms with E-state index in [0.717, 1.165) is 0 Å². The molecular formula is C7H10BrN3O. The minimum atomic E-state index is 0.0793. The molecule has 0 amide bonds. The molecule has 1 rings (SSSR count). The molecule has 0 aliphatic heterocycles. The number of hydrogen-bond acceptors (Lipinski definition) is 4. The van der Waals surface area contributed by atoms with E-state index in [4.69, 9.17) is 10.5 Å². The summed E-state index contributed by atoms with van der Waals surface area (Å²) in [5, 5.41) is 0. The number of nitrogens with two attached hydrogens (primary N) is 1. The molecule has 1 aromatic heterocycles. The van der Waals surface area contributed by atoms with Crippen molar-refractivity contribution in [3.63, 3.8) is 0 Å². The number of nitrogen functional groups attached to an aromatic ring is 1. The van der Waals surface area contributed by atoms with Crippen LogP contribution in [-0.2, 0) is 0 Å². The van der Waals surface area contributed by atoms with Gasteiger partial charge in [0.05, 0.1) is 6.10 Å². The van der Waals surface area contributed by atoms with E-state index in [1.807, 2.05) is 13.8 Å². The van der Waals surface area contributed by atoms with E-state index in [1.165, 1.54) is 6.33 Å². The number of nitrogens with zero attached hydrogens (tertiary/aromatic N) is 2. The summed E-state index contributed by atoms with van der Waals surface area (Å²) in [6.45, 7) is 3.84. The fourth-order valence-corrected chi connectivity index (χ4v) is 0.970. The van der Waals surface area contributed by atoms with Gasteiger partial charge in [-0.3, -0.25) is 0 Å². The lowest BCUT2D eigenvalue weighted by Crippen LogP contribution is -2.08. The van der Waals surface area contributed by atoms with Crippen molar-refractivity contribution in [2.24, 2.45) is 0 Å². The molecule has 0 fully saturated rings. The first-order valence-corrected chi connectivity index (χ1v) is 4.33. The monoisotopic (exact) mass is 231 g/mol. The van der Waals surface area contributed by atoms with Crippen LogP contribution >= 0.6 is 15.9 Å². The first-order chi connectivity index (χ1) is 5.61. The van der Waals surface area contributed by atoms with Gasteiger partial charge in [0.15, 0.2) is 0 Å². The zero-order valence-corrected chi connectivity index (χ0v) is 8.50. The average molecular weight is 232 g/mol. The van der Waals surface area contributed by atoms with Crippen LogP contribution in [0.25, 0.3) is 0 Å². The molecule has 0 saturated carbocycles. The summed E-state index contributed by atoms with van der Waals surface area (Å²) in [4.78, 5) is 7.71. The predicted octanol–water partition coefficient (Wildman–Crippen LogP) is 1.61. The van der Waals surface area contributed by atoms with Gasteiger partial charge in [0, 0.05) is 0 Å². The van der Waals surface area contributed by atoms with Crippen molar-refractivity contribution in [3.8, 4) is 5.88 Å². The van der Waals surface area contributed by atoms with Crippen molar-refractivity contribution < 1.29 is 4.74 Å². The van der Waals surface area contributed by atoms with Crippen LogP contribution in [0.3, 0.4) is 0 Å². The topological polar surface area (TPSA) is 61.0 Å². The van der Waals surface area contributed by atoms with Gasteiger partial charge < -0.3 is 10.5 Å². The summed E-state index contributed by atoms with van der Waals surface area (Å²) in [7, 11) is 0. The average Bonchev–Trinajstić information content (AvgIpc) is 1.98. The van der Waals surface area contributed by atoms with Gasteiger partial charge in [0.25, 0.3) is 0 Å². The molecule has 5 heteroatoms. The lowest BCUT2D eigenvalue weighted by molar-refractivity contribution is 0.230. The molecule has 4 nitrogen and oxygen atoms in total. The highest BCUT2D eigenvalue weighted by Crippen LogP contribution is 2.26. The lowest BCUT2D eigenvalue weighted by Gasteiger charge is -2.09. The summed E-state index contributed by atoms with van der Waals surface area (Å²) < 4.78 is 5.96. The molecule has 12 heavy (non-hydrogen) atoms. The van der Waals surface area contributed by atoms with Crippen LogP contribution in [0.5, 0.6) is 5.88 Å². The van der Waals surface area contributed by atoms with Crippen LogP contribution in [-0.4, -0.2) is 16.1 Å². The second-order valence-electron chi connectivity index (χ2n) is 2.54. The number of halogens is 1. The number of rotatable bonds is 2. The highest BCUT2D eigenvalue weighted by Gasteiger charge is 2.07. The van der Waals surface area contributed by atoms with Crippen molar-refractivity contribution in [2.45, 2.75) is 20.0 Å². The zero-order valence-electron chi connectivity index (χ0n) is 6.91. The Kier molecular flexibility index (Phi) is 2.86. The first kappa shape index (κ1) is 9.25. The van der Waals surface area contributed by atoms with E-state index in [2.05, 4.69) is 25.9 Å². The third-order valence-electron chi connectivity index (χ3n) is 1.13. The Morgan fingerprint density at radius 1 is 1.50 bits per heavy atom. The molecule has 0 atom stereocenters. The molecule has 0 aliphatic rings.